The Kier molecular flexibility index (Phi) is 6.24. The van der Waals surface area contributed by atoms with Crippen molar-refractivity contribution in [3.8, 4) is 0 Å². The Morgan fingerprint density at radius 3 is 2.00 bits per heavy atom. The van der Waals surface area contributed by atoms with Gasteiger partial charge in [-0.1, -0.05) is 18.2 Å². The van der Waals surface area contributed by atoms with Gasteiger partial charge in [0.05, 0.1) is 0 Å². The minimum atomic E-state index is -2.32. The van der Waals surface area contributed by atoms with Crippen LogP contribution in [0, 0.1) is 0 Å². The lowest BCUT2D eigenvalue weighted by atomic mass is 10.1. The van der Waals surface area contributed by atoms with E-state index >= 15 is 0 Å². The minimum Gasteiger partial charge on any atom is -0.473 e. The number of carboxylic acid groups (broad SMARTS) is 2. The molecule has 0 unspecified atom stereocenters. The van der Waals surface area contributed by atoms with Gasteiger partial charge in [0, 0.05) is 12.1 Å². The van der Waals surface area contributed by atoms with Crippen molar-refractivity contribution in [1.29, 1.82) is 0 Å². The van der Waals surface area contributed by atoms with E-state index < -0.39 is 18.4 Å². The highest BCUT2D eigenvalue weighted by Crippen LogP contribution is 2.14. The van der Waals surface area contributed by atoms with Gasteiger partial charge < -0.3 is 15.9 Å². The zero-order chi connectivity index (χ0) is 13.4. The molecular weight excluding hydrogens is 236 g/mol. The molecule has 5 nitrogen and oxygen atoms in total. The lowest BCUT2D eigenvalue weighted by molar-refractivity contribution is -0.159. The molecular formula is C10H11F2NO4. The first-order chi connectivity index (χ1) is 7.84. The minimum absolute atomic E-state index is 0.257. The van der Waals surface area contributed by atoms with E-state index in [1.54, 1.807) is 24.3 Å². The van der Waals surface area contributed by atoms with Gasteiger partial charge in [0.1, 0.15) is 0 Å². The summed E-state index contributed by atoms with van der Waals surface area (Å²) >= 11 is 0. The van der Waals surface area contributed by atoms with Gasteiger partial charge in [0.15, 0.2) is 0 Å². The van der Waals surface area contributed by atoms with Gasteiger partial charge >= 0.3 is 11.9 Å². The molecule has 1 aromatic rings. The van der Waals surface area contributed by atoms with Crippen molar-refractivity contribution in [2.24, 2.45) is 0 Å². The summed E-state index contributed by atoms with van der Waals surface area (Å²) < 4.78 is 23.7. The number of hydrogen-bond donors (Lipinski definition) is 3. The number of benzene rings is 1. The van der Waals surface area contributed by atoms with E-state index in [1.807, 2.05) is 0 Å². The molecule has 0 fully saturated rings. The maximum Gasteiger partial charge on any atom is 0.414 e. The molecule has 0 atom stereocenters. The molecule has 0 spiro atoms. The smallest absolute Gasteiger partial charge is 0.414 e. The van der Waals surface area contributed by atoms with Crippen LogP contribution in [0.1, 0.15) is 5.56 Å². The Morgan fingerprint density at radius 2 is 1.65 bits per heavy atom. The first-order valence-electron chi connectivity index (χ1n) is 4.42. The van der Waals surface area contributed by atoms with Crippen molar-refractivity contribution in [2.75, 3.05) is 5.73 Å². The number of halogens is 2. The number of anilines is 1. The van der Waals surface area contributed by atoms with E-state index in [0.29, 0.717) is 11.3 Å². The normalized spacial score (nSPS) is 9.35. The second-order valence-electron chi connectivity index (χ2n) is 2.90. The van der Waals surface area contributed by atoms with Crippen LogP contribution in [0.4, 0.5) is 14.5 Å². The van der Waals surface area contributed by atoms with Crippen LogP contribution in [-0.2, 0) is 16.0 Å². The fraction of sp³-hybridized carbons (Fsp3) is 0.200. The molecule has 7 heteroatoms. The van der Waals surface area contributed by atoms with Gasteiger partial charge in [-0.25, -0.2) is 18.4 Å². The summed E-state index contributed by atoms with van der Waals surface area (Å²) in [6, 6.07) is 6.66. The third kappa shape index (κ3) is 6.82. The van der Waals surface area contributed by atoms with Crippen LogP contribution in [0.25, 0.3) is 0 Å². The second kappa shape index (κ2) is 7.15. The van der Waals surface area contributed by atoms with Crippen molar-refractivity contribution < 1.29 is 28.6 Å². The number of hydrogen-bond acceptors (Lipinski definition) is 3. The van der Waals surface area contributed by atoms with E-state index in [-0.39, 0.29) is 6.42 Å². The molecule has 0 radical (unpaired) electrons. The summed E-state index contributed by atoms with van der Waals surface area (Å²) in [4.78, 5) is 18.2. The molecule has 0 amide bonds. The highest BCUT2D eigenvalue weighted by Gasteiger charge is 2.05. The second-order valence-corrected chi connectivity index (χ2v) is 2.90. The summed E-state index contributed by atoms with van der Waals surface area (Å²) in [5.41, 5.74) is 6.39. The van der Waals surface area contributed by atoms with Gasteiger partial charge in [0.25, 0.3) is 0 Å². The summed E-state index contributed by atoms with van der Waals surface area (Å²) in [7, 11) is 0. The molecule has 0 aromatic heterocycles. The molecule has 94 valence electrons. The quantitative estimate of drug-likeness (QED) is 0.539. The average molecular weight is 247 g/mol. The number of nitrogens with two attached hydrogens (primary N) is 1. The Balaban J connectivity index is 0.000000366. The van der Waals surface area contributed by atoms with E-state index in [2.05, 4.69) is 0 Å². The molecule has 0 bridgehead atoms. The fourth-order valence-electron chi connectivity index (χ4n) is 0.886. The number of carbonyl (C=O) groups is 2. The number of alkyl halides is 2. The van der Waals surface area contributed by atoms with E-state index in [1.165, 1.54) is 0 Å². The molecule has 0 heterocycles. The molecule has 0 saturated heterocycles. The SMILES string of the molecule is Nc1ccccc1CC(F)F.O=C(O)C(=O)O. The Morgan fingerprint density at radius 1 is 1.18 bits per heavy atom. The summed E-state index contributed by atoms with van der Waals surface area (Å²) in [5.74, 6) is -3.65. The van der Waals surface area contributed by atoms with Crippen LogP contribution in [-0.4, -0.2) is 28.6 Å². The fourth-order valence-corrected chi connectivity index (χ4v) is 0.886. The van der Waals surface area contributed by atoms with Crippen LogP contribution >= 0.6 is 0 Å². The van der Waals surface area contributed by atoms with Crippen LogP contribution in [0.5, 0.6) is 0 Å². The Labute approximate surface area is 95.5 Å². The van der Waals surface area contributed by atoms with Gasteiger partial charge in [-0.2, -0.15) is 0 Å². The molecule has 0 aliphatic rings. The third-order valence-corrected chi connectivity index (χ3v) is 1.61. The Hall–Kier alpha value is -2.18. The first kappa shape index (κ1) is 14.8. The number of aliphatic carboxylic acids is 2. The molecule has 17 heavy (non-hydrogen) atoms. The van der Waals surface area contributed by atoms with Gasteiger partial charge in [0.2, 0.25) is 6.43 Å². The van der Waals surface area contributed by atoms with E-state index in [4.69, 9.17) is 25.5 Å². The van der Waals surface area contributed by atoms with Crippen molar-refractivity contribution in [2.45, 2.75) is 12.8 Å². The van der Waals surface area contributed by atoms with Crippen molar-refractivity contribution >= 4 is 17.6 Å². The van der Waals surface area contributed by atoms with Crippen LogP contribution in [0.3, 0.4) is 0 Å². The third-order valence-electron chi connectivity index (χ3n) is 1.61. The summed E-state index contributed by atoms with van der Waals surface area (Å²) in [6.07, 6.45) is -2.58. The topological polar surface area (TPSA) is 101 Å². The molecule has 0 saturated carbocycles. The molecule has 1 aromatic carbocycles. The summed E-state index contributed by atoms with van der Waals surface area (Å²) in [6.45, 7) is 0. The van der Waals surface area contributed by atoms with Crippen molar-refractivity contribution in [1.82, 2.24) is 0 Å². The summed E-state index contributed by atoms with van der Waals surface area (Å²) in [5, 5.41) is 14.8. The average Bonchev–Trinajstić information content (AvgIpc) is 2.21. The number of carboxylic acids is 2. The molecule has 0 aliphatic heterocycles. The van der Waals surface area contributed by atoms with Gasteiger partial charge in [-0.3, -0.25) is 0 Å². The van der Waals surface area contributed by atoms with Crippen molar-refractivity contribution in [3.63, 3.8) is 0 Å². The number of para-hydroxylation sites is 1. The highest BCUT2D eigenvalue weighted by atomic mass is 19.3. The predicted octanol–water partition coefficient (Wildman–Crippen LogP) is 1.23. The monoisotopic (exact) mass is 247 g/mol. The van der Waals surface area contributed by atoms with Gasteiger partial charge in [-0.05, 0) is 11.6 Å². The predicted molar refractivity (Wildman–Crippen MR) is 55.8 cm³/mol. The molecule has 1 rings (SSSR count). The number of nitrogen functional groups attached to an aromatic ring is 1. The maximum absolute atomic E-state index is 11.8. The van der Waals surface area contributed by atoms with Crippen LogP contribution in [0.2, 0.25) is 0 Å². The lowest BCUT2D eigenvalue weighted by Gasteiger charge is -2.02. The van der Waals surface area contributed by atoms with Gasteiger partial charge in [-0.15, -0.1) is 0 Å². The standard InChI is InChI=1S/C8H9F2N.C2H2O4/c9-8(10)5-6-3-1-2-4-7(6)11;3-1(4)2(5)6/h1-4,8H,5,11H2;(H,3,4)(H,5,6). The van der Waals surface area contributed by atoms with Crippen LogP contribution < -0.4 is 5.73 Å². The van der Waals surface area contributed by atoms with E-state index in [0.717, 1.165) is 0 Å². The molecule has 4 N–H and O–H groups in total. The van der Waals surface area contributed by atoms with E-state index in [9.17, 15) is 8.78 Å². The molecule has 0 aliphatic carbocycles. The largest absolute Gasteiger partial charge is 0.473 e. The lowest BCUT2D eigenvalue weighted by Crippen LogP contribution is -2.09. The maximum atomic E-state index is 11.8. The van der Waals surface area contributed by atoms with Crippen molar-refractivity contribution in [3.05, 3.63) is 29.8 Å². The highest BCUT2D eigenvalue weighted by molar-refractivity contribution is 6.27. The number of rotatable bonds is 2. The van der Waals surface area contributed by atoms with Crippen LogP contribution in [0.15, 0.2) is 24.3 Å². The Bertz CT molecular complexity index is 384. The zero-order valence-corrected chi connectivity index (χ0v) is 8.64. The zero-order valence-electron chi connectivity index (χ0n) is 8.64. The first-order valence-corrected chi connectivity index (χ1v) is 4.42.